The molecule has 0 saturated carbocycles. The van der Waals surface area contributed by atoms with Crippen molar-refractivity contribution in [2.45, 2.75) is 71.6 Å². The maximum Gasteiger partial charge on any atom is 0.153 e. The summed E-state index contributed by atoms with van der Waals surface area (Å²) < 4.78 is 8.68. The fraction of sp³-hybridized carbons (Fsp3) is 0.175. The van der Waals surface area contributed by atoms with Gasteiger partial charge in [-0.15, -0.1) is 0 Å². The lowest BCUT2D eigenvalue weighted by molar-refractivity contribution is 0.446. The minimum absolute atomic E-state index is 0.192. The summed E-state index contributed by atoms with van der Waals surface area (Å²) in [5, 5.41) is 16.9. The van der Waals surface area contributed by atoms with E-state index in [9.17, 15) is 5.11 Å². The molecule has 0 aliphatic rings. The van der Waals surface area contributed by atoms with Crippen molar-refractivity contribution in [3.8, 4) is 56.3 Å². The van der Waals surface area contributed by atoms with Crippen molar-refractivity contribution in [2.75, 3.05) is 0 Å². The summed E-state index contributed by atoms with van der Waals surface area (Å²) in [4.78, 5) is 10.8. The van der Waals surface area contributed by atoms with Crippen molar-refractivity contribution in [3.63, 3.8) is 0 Å². The highest BCUT2D eigenvalue weighted by atomic mass is 16.3. The highest BCUT2D eigenvalue weighted by Crippen LogP contribution is 2.46. The number of aromatic hydroxyl groups is 1. The van der Waals surface area contributed by atoms with Crippen LogP contribution in [-0.4, -0.2) is 19.6 Å². The Morgan fingerprint density at radius 2 is 1.13 bits per heavy atom. The average Bonchev–Trinajstić information content (AvgIpc) is 3.90. The number of phenolic OH excluding ortho intramolecular Hbond substituents is 1. The lowest BCUT2D eigenvalue weighted by Crippen LogP contribution is -2.19. The highest BCUT2D eigenvalue weighted by Gasteiger charge is 2.30. The third-order valence-corrected chi connectivity index (χ3v) is 13.9. The van der Waals surface area contributed by atoms with E-state index in [0.717, 1.165) is 94.2 Å². The van der Waals surface area contributed by atoms with Gasteiger partial charge in [-0.3, -0.25) is 9.55 Å². The van der Waals surface area contributed by atoms with Crippen LogP contribution in [0, 0.1) is 0 Å². The summed E-state index contributed by atoms with van der Waals surface area (Å²) in [6.07, 6.45) is 1.87. The molecule has 3 aromatic heterocycles. The number of pyridine rings is 1. The van der Waals surface area contributed by atoms with Crippen LogP contribution in [0.2, 0.25) is 0 Å². The zero-order chi connectivity index (χ0) is 47.1. The van der Waals surface area contributed by atoms with Crippen LogP contribution < -0.4 is 0 Å². The van der Waals surface area contributed by atoms with Crippen molar-refractivity contribution in [2.24, 2.45) is 0 Å². The largest absolute Gasteiger partial charge is 0.507 e. The Morgan fingerprint density at radius 3 is 1.87 bits per heavy atom. The van der Waals surface area contributed by atoms with E-state index >= 15 is 0 Å². The summed E-state index contributed by atoms with van der Waals surface area (Å²) >= 11 is 0. The minimum atomic E-state index is -0.368. The van der Waals surface area contributed by atoms with Crippen LogP contribution in [-0.2, 0) is 16.2 Å². The fourth-order valence-corrected chi connectivity index (χ4v) is 9.94. The molecule has 11 aromatic rings. The van der Waals surface area contributed by atoms with Gasteiger partial charge in [-0.2, -0.15) is 0 Å². The van der Waals surface area contributed by atoms with Gasteiger partial charge in [0.25, 0.3) is 0 Å². The molecule has 334 valence electrons. The van der Waals surface area contributed by atoms with Gasteiger partial charge in [0.05, 0.1) is 34.2 Å². The van der Waals surface area contributed by atoms with Crippen molar-refractivity contribution in [1.82, 2.24) is 14.5 Å². The van der Waals surface area contributed by atoms with Crippen LogP contribution in [0.25, 0.3) is 94.3 Å². The smallest absolute Gasteiger partial charge is 0.153 e. The number of hydrogen-bond donors (Lipinski definition) is 1. The third kappa shape index (κ3) is 7.34. The Morgan fingerprint density at radius 1 is 0.485 bits per heavy atom. The van der Waals surface area contributed by atoms with Crippen LogP contribution in [0.1, 0.15) is 77.6 Å². The van der Waals surface area contributed by atoms with Crippen molar-refractivity contribution >= 4 is 43.7 Å². The van der Waals surface area contributed by atoms with E-state index in [0.29, 0.717) is 11.4 Å². The number of phenols is 1. The monoisotopic (exact) mass is 885 g/mol. The molecular formula is C63H55N3O2. The van der Waals surface area contributed by atoms with Gasteiger partial charge in [-0.1, -0.05) is 183 Å². The maximum atomic E-state index is 12.5. The number of imidazole rings is 1. The van der Waals surface area contributed by atoms with Gasteiger partial charge in [0.15, 0.2) is 5.58 Å². The van der Waals surface area contributed by atoms with Gasteiger partial charge in [0.2, 0.25) is 0 Å². The van der Waals surface area contributed by atoms with Crippen LogP contribution in [0.5, 0.6) is 5.75 Å². The van der Waals surface area contributed by atoms with Gasteiger partial charge in [-0.05, 0) is 98.0 Å². The Kier molecular flexibility index (Phi) is 10.1. The topological polar surface area (TPSA) is 64.1 Å². The normalized spacial score (nSPS) is 12.5. The second-order valence-electron chi connectivity index (χ2n) is 20.9. The molecule has 0 unspecified atom stereocenters. The molecule has 3 heterocycles. The summed E-state index contributed by atoms with van der Waals surface area (Å²) in [7, 11) is 0. The van der Waals surface area contributed by atoms with Crippen LogP contribution >= 0.6 is 0 Å². The quantitative estimate of drug-likeness (QED) is 0.173. The van der Waals surface area contributed by atoms with E-state index in [4.69, 9.17) is 14.4 Å². The van der Waals surface area contributed by atoms with Crippen LogP contribution in [0.15, 0.2) is 187 Å². The molecule has 0 aliphatic carbocycles. The molecule has 68 heavy (non-hydrogen) atoms. The molecule has 1 N–H and O–H groups in total. The maximum absolute atomic E-state index is 12.5. The van der Waals surface area contributed by atoms with E-state index in [1.165, 1.54) is 10.9 Å². The van der Waals surface area contributed by atoms with Crippen LogP contribution in [0.4, 0.5) is 0 Å². The zero-order valence-corrected chi connectivity index (χ0v) is 40.0. The predicted molar refractivity (Wildman–Crippen MR) is 283 cm³/mol. The second-order valence-corrected chi connectivity index (χ2v) is 20.9. The number of aromatic nitrogens is 3. The summed E-state index contributed by atoms with van der Waals surface area (Å²) in [6.45, 7) is 17.8. The van der Waals surface area contributed by atoms with E-state index in [1.807, 2.05) is 6.20 Å². The van der Waals surface area contributed by atoms with Crippen molar-refractivity contribution in [3.05, 3.63) is 204 Å². The molecule has 0 aliphatic heterocycles. The first kappa shape index (κ1) is 42.8. The molecule has 0 fully saturated rings. The Hall–Kier alpha value is -7.76. The molecule has 0 radical (unpaired) electrons. The van der Waals surface area contributed by atoms with E-state index in [-0.39, 0.29) is 22.0 Å². The van der Waals surface area contributed by atoms with Gasteiger partial charge >= 0.3 is 0 Å². The molecule has 11 rings (SSSR count). The molecule has 0 amide bonds. The molecule has 0 saturated heterocycles. The third-order valence-electron chi connectivity index (χ3n) is 13.9. The number of hydrogen-bond acceptors (Lipinski definition) is 4. The number of benzene rings is 8. The molecule has 8 aromatic carbocycles. The van der Waals surface area contributed by atoms with Crippen molar-refractivity contribution < 1.29 is 9.52 Å². The first-order valence-corrected chi connectivity index (χ1v) is 23.6. The molecule has 0 atom stereocenters. The highest BCUT2D eigenvalue weighted by molar-refractivity contribution is 6.10. The van der Waals surface area contributed by atoms with Gasteiger partial charge in [0.1, 0.15) is 17.2 Å². The summed E-state index contributed by atoms with van der Waals surface area (Å²) in [5.41, 5.74) is 14.6. The summed E-state index contributed by atoms with van der Waals surface area (Å²) in [6, 6.07) is 62.4. The predicted octanol–water partition coefficient (Wildman–Crippen LogP) is 16.8. The molecule has 5 heteroatoms. The lowest BCUT2D eigenvalue weighted by Gasteiger charge is -2.27. The first-order valence-electron chi connectivity index (χ1n) is 23.6. The van der Waals surface area contributed by atoms with E-state index in [1.54, 1.807) is 0 Å². The number of furan rings is 1. The second kappa shape index (κ2) is 16.0. The van der Waals surface area contributed by atoms with Gasteiger partial charge in [-0.25, -0.2) is 4.98 Å². The zero-order valence-electron chi connectivity index (χ0n) is 40.0. The fourth-order valence-electron chi connectivity index (χ4n) is 9.94. The van der Waals surface area contributed by atoms with Crippen molar-refractivity contribution in [1.29, 1.82) is 0 Å². The standard InChI is InChI=1S/C63H55N3O2/c1-61(2,3)45-35-51(59(67)52(36-45)62(4,5)6)60-65-58-48(27-19-29-55(58)66(60)54-28-18-17-26-47(54)39-20-11-9-12-21-39)42-30-43(32-46(31-42)63(7,8)44-24-13-10-14-25-44)53-37-50-49-33-40-22-15-16-23-41(40)34-56(49)68-57(50)38-64-53/h9-38,67H,1-8H3. The average molecular weight is 886 g/mol. The van der Waals surface area contributed by atoms with E-state index < -0.39 is 0 Å². The number of para-hydroxylation sites is 2. The molecule has 0 bridgehead atoms. The Balaban J connectivity index is 1.20. The number of fused-ring (bicyclic) bond motifs is 5. The summed E-state index contributed by atoms with van der Waals surface area (Å²) in [5.74, 6) is 0.924. The molecule has 0 spiro atoms. The Labute approximate surface area is 398 Å². The number of nitrogens with zero attached hydrogens (tertiary/aromatic N) is 3. The number of rotatable bonds is 7. The lowest BCUT2D eigenvalue weighted by atomic mass is 9.76. The SMILES string of the molecule is CC(C)(C)c1cc(-c2nc3c(-c4cc(-c5cc6c(cn5)oc5cc7ccccc7cc56)cc(C(C)(C)c5ccccc5)c4)cccc3n2-c2ccccc2-c2ccccc2)c(O)c(C(C)(C)C)c1. The van der Waals surface area contributed by atoms with Crippen LogP contribution in [0.3, 0.4) is 0 Å². The van der Waals surface area contributed by atoms with Gasteiger partial charge < -0.3 is 9.52 Å². The first-order chi connectivity index (χ1) is 32.6. The molecule has 5 nitrogen and oxygen atoms in total. The minimum Gasteiger partial charge on any atom is -0.507 e. The van der Waals surface area contributed by atoms with Gasteiger partial charge in [0, 0.05) is 38.4 Å². The van der Waals surface area contributed by atoms with E-state index in [2.05, 4.69) is 236 Å². The molecular weight excluding hydrogens is 831 g/mol. The Bertz CT molecular complexity index is 3730.